The lowest BCUT2D eigenvalue weighted by Gasteiger charge is -2.08. The van der Waals surface area contributed by atoms with E-state index in [0.717, 1.165) is 11.3 Å². The third kappa shape index (κ3) is 4.60. The van der Waals surface area contributed by atoms with Gasteiger partial charge in [-0.15, -0.1) is 0 Å². The average molecular weight is 350 g/mol. The molecule has 0 saturated heterocycles. The van der Waals surface area contributed by atoms with Crippen LogP contribution in [-0.4, -0.2) is 23.5 Å². The first-order valence-corrected chi connectivity index (χ1v) is 8.32. The number of benzene rings is 1. The van der Waals surface area contributed by atoms with Gasteiger partial charge in [0, 0.05) is 22.6 Å². The molecule has 1 saturated carbocycles. The number of carbonyl (C=O) groups is 1. The summed E-state index contributed by atoms with van der Waals surface area (Å²) in [5, 5.41) is 7.40. The maximum Gasteiger partial charge on any atom is 0.269 e. The summed E-state index contributed by atoms with van der Waals surface area (Å²) in [6.45, 7) is 0.490. The van der Waals surface area contributed by atoms with E-state index in [1.165, 1.54) is 12.8 Å². The SMILES string of the molecule is O=C(NCCc1ccc(Cl)cc1Cl)c1ccc(NC2CC2)cn1. The number of halogens is 2. The van der Waals surface area contributed by atoms with Crippen LogP contribution in [0.2, 0.25) is 10.0 Å². The highest BCUT2D eigenvalue weighted by molar-refractivity contribution is 6.35. The Morgan fingerprint density at radius 1 is 1.22 bits per heavy atom. The summed E-state index contributed by atoms with van der Waals surface area (Å²) in [7, 11) is 0. The van der Waals surface area contributed by atoms with Crippen molar-refractivity contribution >= 4 is 34.8 Å². The van der Waals surface area contributed by atoms with E-state index in [-0.39, 0.29) is 5.91 Å². The molecule has 120 valence electrons. The first-order valence-electron chi connectivity index (χ1n) is 7.56. The monoisotopic (exact) mass is 349 g/mol. The second-order valence-electron chi connectivity index (χ2n) is 5.59. The van der Waals surface area contributed by atoms with Crippen molar-refractivity contribution in [1.29, 1.82) is 0 Å². The zero-order chi connectivity index (χ0) is 16.2. The van der Waals surface area contributed by atoms with Crippen LogP contribution in [0, 0.1) is 0 Å². The van der Waals surface area contributed by atoms with Gasteiger partial charge < -0.3 is 10.6 Å². The topological polar surface area (TPSA) is 54.0 Å². The molecule has 1 aromatic carbocycles. The van der Waals surface area contributed by atoms with E-state index in [1.807, 2.05) is 12.1 Å². The number of hydrogen-bond acceptors (Lipinski definition) is 3. The summed E-state index contributed by atoms with van der Waals surface area (Å²) in [6.07, 6.45) is 4.75. The minimum atomic E-state index is -0.187. The van der Waals surface area contributed by atoms with Gasteiger partial charge in [-0.05, 0) is 49.1 Å². The van der Waals surface area contributed by atoms with Crippen LogP contribution in [0.25, 0.3) is 0 Å². The third-order valence-corrected chi connectivity index (χ3v) is 4.23. The molecule has 1 amide bonds. The predicted molar refractivity (Wildman–Crippen MR) is 93.4 cm³/mol. The molecule has 23 heavy (non-hydrogen) atoms. The number of rotatable bonds is 6. The van der Waals surface area contributed by atoms with Gasteiger partial charge in [0.1, 0.15) is 5.69 Å². The van der Waals surface area contributed by atoms with E-state index in [2.05, 4.69) is 15.6 Å². The molecular formula is C17H17Cl2N3O. The van der Waals surface area contributed by atoms with Gasteiger partial charge in [0.2, 0.25) is 0 Å². The second kappa shape index (κ2) is 7.20. The van der Waals surface area contributed by atoms with Crippen LogP contribution in [-0.2, 0) is 6.42 Å². The zero-order valence-electron chi connectivity index (χ0n) is 12.5. The molecule has 1 aromatic heterocycles. The molecule has 0 unspecified atom stereocenters. The summed E-state index contributed by atoms with van der Waals surface area (Å²) in [5.74, 6) is -0.187. The van der Waals surface area contributed by atoms with Crippen molar-refractivity contribution in [1.82, 2.24) is 10.3 Å². The number of carbonyl (C=O) groups excluding carboxylic acids is 1. The van der Waals surface area contributed by atoms with Crippen molar-refractivity contribution in [2.45, 2.75) is 25.3 Å². The van der Waals surface area contributed by atoms with Crippen LogP contribution in [0.3, 0.4) is 0 Å². The van der Waals surface area contributed by atoms with Crippen molar-refractivity contribution in [3.8, 4) is 0 Å². The first-order chi connectivity index (χ1) is 11.1. The van der Waals surface area contributed by atoms with Crippen molar-refractivity contribution in [3.63, 3.8) is 0 Å². The number of pyridine rings is 1. The van der Waals surface area contributed by atoms with E-state index < -0.39 is 0 Å². The Hall–Kier alpha value is -1.78. The lowest BCUT2D eigenvalue weighted by atomic mass is 10.1. The van der Waals surface area contributed by atoms with E-state index in [0.29, 0.717) is 34.7 Å². The number of nitrogens with one attached hydrogen (secondary N) is 2. The predicted octanol–water partition coefficient (Wildman–Crippen LogP) is 3.94. The Morgan fingerprint density at radius 2 is 2.04 bits per heavy atom. The van der Waals surface area contributed by atoms with Crippen LogP contribution in [0.4, 0.5) is 5.69 Å². The van der Waals surface area contributed by atoms with Crippen molar-refractivity contribution in [2.75, 3.05) is 11.9 Å². The fourth-order valence-electron chi connectivity index (χ4n) is 2.20. The molecule has 1 aliphatic carbocycles. The smallest absolute Gasteiger partial charge is 0.269 e. The highest BCUT2D eigenvalue weighted by atomic mass is 35.5. The fourth-order valence-corrected chi connectivity index (χ4v) is 2.71. The summed E-state index contributed by atoms with van der Waals surface area (Å²) in [6, 6.07) is 9.55. The molecule has 0 bridgehead atoms. The fraction of sp³-hybridized carbons (Fsp3) is 0.294. The van der Waals surface area contributed by atoms with Crippen molar-refractivity contribution < 1.29 is 4.79 Å². The Bertz CT molecular complexity index is 699. The number of anilines is 1. The largest absolute Gasteiger partial charge is 0.381 e. The highest BCUT2D eigenvalue weighted by Crippen LogP contribution is 2.24. The number of nitrogens with zero attached hydrogens (tertiary/aromatic N) is 1. The Kier molecular flexibility index (Phi) is 5.03. The van der Waals surface area contributed by atoms with Crippen LogP contribution in [0.1, 0.15) is 28.9 Å². The minimum Gasteiger partial charge on any atom is -0.381 e. The molecule has 0 atom stereocenters. The molecule has 1 aliphatic rings. The van der Waals surface area contributed by atoms with E-state index in [4.69, 9.17) is 23.2 Å². The Balaban J connectivity index is 1.50. The lowest BCUT2D eigenvalue weighted by Crippen LogP contribution is -2.26. The molecule has 2 N–H and O–H groups in total. The summed E-state index contributed by atoms with van der Waals surface area (Å²) >= 11 is 12.0. The maximum atomic E-state index is 12.1. The molecule has 2 aromatic rings. The summed E-state index contributed by atoms with van der Waals surface area (Å²) in [5.41, 5.74) is 2.32. The van der Waals surface area contributed by atoms with Gasteiger partial charge in [0.25, 0.3) is 5.91 Å². The second-order valence-corrected chi connectivity index (χ2v) is 6.44. The normalized spacial score (nSPS) is 13.7. The van der Waals surface area contributed by atoms with Crippen LogP contribution in [0.15, 0.2) is 36.5 Å². The number of hydrogen-bond donors (Lipinski definition) is 2. The highest BCUT2D eigenvalue weighted by Gasteiger charge is 2.20. The molecule has 0 spiro atoms. The molecule has 3 rings (SSSR count). The lowest BCUT2D eigenvalue weighted by molar-refractivity contribution is 0.0949. The van der Waals surface area contributed by atoms with Gasteiger partial charge in [-0.3, -0.25) is 4.79 Å². The average Bonchev–Trinajstić information content (AvgIpc) is 3.34. The third-order valence-electron chi connectivity index (χ3n) is 3.64. The van der Waals surface area contributed by atoms with Gasteiger partial charge in [-0.2, -0.15) is 0 Å². The Labute approximate surface area is 145 Å². The summed E-state index contributed by atoms with van der Waals surface area (Å²) in [4.78, 5) is 16.3. The Morgan fingerprint density at radius 3 is 2.70 bits per heavy atom. The number of amides is 1. The molecule has 0 radical (unpaired) electrons. The minimum absolute atomic E-state index is 0.187. The number of aromatic nitrogens is 1. The van der Waals surface area contributed by atoms with Crippen LogP contribution >= 0.6 is 23.2 Å². The van der Waals surface area contributed by atoms with Crippen LogP contribution in [0.5, 0.6) is 0 Å². The molecule has 0 aliphatic heterocycles. The van der Waals surface area contributed by atoms with Crippen molar-refractivity contribution in [2.24, 2.45) is 0 Å². The van der Waals surface area contributed by atoms with Gasteiger partial charge >= 0.3 is 0 Å². The van der Waals surface area contributed by atoms with Gasteiger partial charge in [-0.1, -0.05) is 29.3 Å². The maximum absolute atomic E-state index is 12.1. The van der Waals surface area contributed by atoms with Crippen molar-refractivity contribution in [3.05, 3.63) is 57.8 Å². The molecule has 6 heteroatoms. The van der Waals surface area contributed by atoms with Gasteiger partial charge in [0.15, 0.2) is 0 Å². The van der Waals surface area contributed by atoms with E-state index in [9.17, 15) is 4.79 Å². The summed E-state index contributed by atoms with van der Waals surface area (Å²) < 4.78 is 0. The molecular weight excluding hydrogens is 333 g/mol. The van der Waals surface area contributed by atoms with E-state index >= 15 is 0 Å². The first kappa shape index (κ1) is 16.1. The zero-order valence-corrected chi connectivity index (χ0v) is 14.0. The standard InChI is InChI=1S/C17H17Cl2N3O/c18-12-2-1-11(15(19)9-12)7-8-20-17(23)16-6-5-14(10-21-16)22-13-3-4-13/h1-2,5-6,9-10,13,22H,3-4,7-8H2,(H,20,23). The van der Waals surface area contributed by atoms with Gasteiger partial charge in [0.05, 0.1) is 11.9 Å². The molecule has 4 nitrogen and oxygen atoms in total. The quantitative estimate of drug-likeness (QED) is 0.830. The molecule has 1 heterocycles. The van der Waals surface area contributed by atoms with E-state index in [1.54, 1.807) is 24.4 Å². The van der Waals surface area contributed by atoms with Gasteiger partial charge in [-0.25, -0.2) is 4.98 Å². The van der Waals surface area contributed by atoms with Crippen LogP contribution < -0.4 is 10.6 Å². The molecule has 1 fully saturated rings.